The monoisotopic (exact) mass is 209 g/mol. The van der Waals surface area contributed by atoms with E-state index in [1.807, 2.05) is 0 Å². The van der Waals surface area contributed by atoms with E-state index < -0.39 is 0 Å². The number of aliphatic hydroxyl groups is 1. The van der Waals surface area contributed by atoms with Crippen molar-refractivity contribution in [3.05, 3.63) is 23.8 Å². The third-order valence-corrected chi connectivity index (χ3v) is 1.98. The summed E-state index contributed by atoms with van der Waals surface area (Å²) in [5.74, 6) is 0.517. The van der Waals surface area contributed by atoms with E-state index in [9.17, 15) is 4.79 Å². The molecule has 1 aromatic rings. The number of nitrogens with two attached hydrogens (primary N) is 1. The molecule has 0 saturated heterocycles. The Labute approximate surface area is 88.7 Å². The van der Waals surface area contributed by atoms with E-state index in [-0.39, 0.29) is 12.4 Å². The molecule has 0 bridgehead atoms. The summed E-state index contributed by atoms with van der Waals surface area (Å²) in [6.07, 6.45) is 0.569. The molecule has 0 amide bonds. The number of hydrogen-bond acceptors (Lipinski definition) is 4. The van der Waals surface area contributed by atoms with Crippen LogP contribution in [0.3, 0.4) is 0 Å². The standard InChI is InChI=1S/C11H15NO3/c1-8(14)10-7-9(3-4-11(10)12)15-6-2-5-13/h3-4,7,13H,2,5-6,12H2,1H3. The maximum absolute atomic E-state index is 11.2. The van der Waals surface area contributed by atoms with E-state index in [1.165, 1.54) is 6.92 Å². The minimum absolute atomic E-state index is 0.0832. The van der Waals surface area contributed by atoms with Crippen molar-refractivity contribution in [1.82, 2.24) is 0 Å². The highest BCUT2D eigenvalue weighted by Gasteiger charge is 2.06. The van der Waals surface area contributed by atoms with Gasteiger partial charge in [-0.05, 0) is 25.1 Å². The number of Topliss-reactive ketones (excluding diaryl/α,β-unsaturated/α-hetero) is 1. The van der Waals surface area contributed by atoms with Crippen LogP contribution in [0.2, 0.25) is 0 Å². The van der Waals surface area contributed by atoms with E-state index in [0.29, 0.717) is 30.0 Å². The average molecular weight is 209 g/mol. The van der Waals surface area contributed by atoms with E-state index in [0.717, 1.165) is 0 Å². The number of rotatable bonds is 5. The molecular weight excluding hydrogens is 194 g/mol. The summed E-state index contributed by atoms with van der Waals surface area (Å²) in [5.41, 5.74) is 6.55. The second kappa shape index (κ2) is 5.36. The maximum Gasteiger partial charge on any atom is 0.162 e. The van der Waals surface area contributed by atoms with Gasteiger partial charge in [0.1, 0.15) is 5.75 Å². The van der Waals surface area contributed by atoms with Crippen molar-refractivity contribution < 1.29 is 14.6 Å². The average Bonchev–Trinajstić information content (AvgIpc) is 2.20. The lowest BCUT2D eigenvalue weighted by molar-refractivity contribution is 0.101. The van der Waals surface area contributed by atoms with E-state index in [4.69, 9.17) is 15.6 Å². The highest BCUT2D eigenvalue weighted by Crippen LogP contribution is 2.20. The van der Waals surface area contributed by atoms with Crippen LogP contribution in [0.15, 0.2) is 18.2 Å². The van der Waals surface area contributed by atoms with Gasteiger partial charge >= 0.3 is 0 Å². The molecule has 1 rings (SSSR count). The molecular formula is C11H15NO3. The van der Waals surface area contributed by atoms with E-state index >= 15 is 0 Å². The Balaban J connectivity index is 2.74. The largest absolute Gasteiger partial charge is 0.493 e. The number of ether oxygens (including phenoxy) is 1. The molecule has 0 saturated carbocycles. The molecule has 0 aliphatic carbocycles. The molecule has 15 heavy (non-hydrogen) atoms. The molecule has 0 heterocycles. The fraction of sp³-hybridized carbons (Fsp3) is 0.364. The fourth-order valence-electron chi connectivity index (χ4n) is 1.18. The Morgan fingerprint density at radius 3 is 2.87 bits per heavy atom. The molecule has 0 fully saturated rings. The molecule has 0 aliphatic rings. The van der Waals surface area contributed by atoms with Crippen LogP contribution in [0.5, 0.6) is 5.75 Å². The first-order valence-corrected chi connectivity index (χ1v) is 4.79. The second-order valence-electron chi connectivity index (χ2n) is 3.23. The van der Waals surface area contributed by atoms with Crippen molar-refractivity contribution in [1.29, 1.82) is 0 Å². The molecule has 0 aliphatic heterocycles. The Hall–Kier alpha value is -1.55. The first-order valence-electron chi connectivity index (χ1n) is 4.79. The highest BCUT2D eigenvalue weighted by molar-refractivity contribution is 5.99. The summed E-state index contributed by atoms with van der Waals surface area (Å²) >= 11 is 0. The van der Waals surface area contributed by atoms with Crippen LogP contribution >= 0.6 is 0 Å². The Kier molecular flexibility index (Phi) is 4.12. The lowest BCUT2D eigenvalue weighted by Gasteiger charge is -2.07. The smallest absolute Gasteiger partial charge is 0.162 e. The van der Waals surface area contributed by atoms with Gasteiger partial charge in [0.2, 0.25) is 0 Å². The zero-order chi connectivity index (χ0) is 11.3. The Morgan fingerprint density at radius 1 is 1.53 bits per heavy atom. The molecule has 0 radical (unpaired) electrons. The maximum atomic E-state index is 11.2. The molecule has 0 unspecified atom stereocenters. The van der Waals surface area contributed by atoms with Gasteiger partial charge in [0.05, 0.1) is 6.61 Å². The molecule has 0 spiro atoms. The van der Waals surface area contributed by atoms with Crippen molar-refractivity contribution >= 4 is 11.5 Å². The Morgan fingerprint density at radius 2 is 2.27 bits per heavy atom. The molecule has 4 heteroatoms. The van der Waals surface area contributed by atoms with Crippen LogP contribution in [0.1, 0.15) is 23.7 Å². The normalized spacial score (nSPS) is 10.0. The summed E-state index contributed by atoms with van der Waals surface area (Å²) < 4.78 is 5.32. The van der Waals surface area contributed by atoms with Gasteiger partial charge in [-0.25, -0.2) is 0 Å². The predicted octanol–water partition coefficient (Wildman–Crippen LogP) is 1.23. The summed E-state index contributed by atoms with van der Waals surface area (Å²) in [4.78, 5) is 11.2. The number of nitrogen functional groups attached to an aromatic ring is 1. The number of carbonyl (C=O) groups is 1. The highest BCUT2D eigenvalue weighted by atomic mass is 16.5. The molecule has 82 valence electrons. The molecule has 3 N–H and O–H groups in total. The van der Waals surface area contributed by atoms with Gasteiger partial charge in [-0.1, -0.05) is 0 Å². The van der Waals surface area contributed by atoms with Gasteiger partial charge < -0.3 is 15.6 Å². The van der Waals surface area contributed by atoms with Crippen LogP contribution in [-0.4, -0.2) is 24.1 Å². The van der Waals surface area contributed by atoms with Gasteiger partial charge in [0, 0.05) is 24.3 Å². The third-order valence-electron chi connectivity index (χ3n) is 1.98. The SMILES string of the molecule is CC(=O)c1cc(OCCCO)ccc1N. The number of ketones is 1. The van der Waals surface area contributed by atoms with E-state index in [2.05, 4.69) is 0 Å². The van der Waals surface area contributed by atoms with Crippen LogP contribution in [0.4, 0.5) is 5.69 Å². The number of aliphatic hydroxyl groups excluding tert-OH is 1. The van der Waals surface area contributed by atoms with Gasteiger partial charge in [-0.2, -0.15) is 0 Å². The minimum atomic E-state index is -0.0832. The predicted molar refractivity (Wildman–Crippen MR) is 58.1 cm³/mol. The number of carbonyl (C=O) groups excluding carboxylic acids is 1. The first kappa shape index (κ1) is 11.5. The van der Waals surface area contributed by atoms with Crippen LogP contribution in [0, 0.1) is 0 Å². The van der Waals surface area contributed by atoms with Gasteiger partial charge in [-0.15, -0.1) is 0 Å². The molecule has 1 aromatic carbocycles. The minimum Gasteiger partial charge on any atom is -0.493 e. The summed E-state index contributed by atoms with van der Waals surface area (Å²) in [6.45, 7) is 1.98. The van der Waals surface area contributed by atoms with Crippen molar-refractivity contribution in [2.75, 3.05) is 18.9 Å². The van der Waals surface area contributed by atoms with Gasteiger partial charge in [0.25, 0.3) is 0 Å². The van der Waals surface area contributed by atoms with E-state index in [1.54, 1.807) is 18.2 Å². The zero-order valence-corrected chi connectivity index (χ0v) is 8.69. The molecule has 4 nitrogen and oxygen atoms in total. The summed E-state index contributed by atoms with van der Waals surface area (Å²) in [7, 11) is 0. The third kappa shape index (κ3) is 3.25. The zero-order valence-electron chi connectivity index (χ0n) is 8.69. The quantitative estimate of drug-likeness (QED) is 0.434. The number of hydrogen-bond donors (Lipinski definition) is 2. The number of anilines is 1. The van der Waals surface area contributed by atoms with Crippen LogP contribution < -0.4 is 10.5 Å². The molecule has 0 aromatic heterocycles. The Bertz CT molecular complexity index is 350. The topological polar surface area (TPSA) is 72.5 Å². The fourth-order valence-corrected chi connectivity index (χ4v) is 1.18. The number of benzene rings is 1. The van der Waals surface area contributed by atoms with Crippen molar-refractivity contribution in [2.24, 2.45) is 0 Å². The lowest BCUT2D eigenvalue weighted by atomic mass is 10.1. The lowest BCUT2D eigenvalue weighted by Crippen LogP contribution is -2.03. The van der Waals surface area contributed by atoms with Crippen LogP contribution in [-0.2, 0) is 0 Å². The van der Waals surface area contributed by atoms with Gasteiger partial charge in [0.15, 0.2) is 5.78 Å². The van der Waals surface area contributed by atoms with Crippen molar-refractivity contribution in [3.63, 3.8) is 0 Å². The second-order valence-corrected chi connectivity index (χ2v) is 3.23. The molecule has 0 atom stereocenters. The van der Waals surface area contributed by atoms with Crippen molar-refractivity contribution in [2.45, 2.75) is 13.3 Å². The summed E-state index contributed by atoms with van der Waals surface area (Å²) in [5, 5.41) is 8.58. The van der Waals surface area contributed by atoms with Gasteiger partial charge in [-0.3, -0.25) is 4.79 Å². The first-order chi connectivity index (χ1) is 7.15. The van der Waals surface area contributed by atoms with Crippen molar-refractivity contribution in [3.8, 4) is 5.75 Å². The van der Waals surface area contributed by atoms with Crippen LogP contribution in [0.25, 0.3) is 0 Å². The summed E-state index contributed by atoms with van der Waals surface area (Å²) in [6, 6.07) is 4.97.